The number of amides is 1. The fourth-order valence-electron chi connectivity index (χ4n) is 3.42. The average molecular weight is 389 g/mol. The maximum Gasteiger partial charge on any atom is 0.249 e. The van der Waals surface area contributed by atoms with Gasteiger partial charge >= 0.3 is 0 Å². The normalized spacial score (nSPS) is 12.6. The van der Waals surface area contributed by atoms with Gasteiger partial charge in [-0.15, -0.1) is 0 Å². The fourth-order valence-corrected chi connectivity index (χ4v) is 3.42. The Morgan fingerprint density at radius 1 is 1.24 bits per heavy atom. The van der Waals surface area contributed by atoms with Crippen LogP contribution in [-0.4, -0.2) is 28.1 Å². The zero-order valence-electron chi connectivity index (χ0n) is 16.9. The molecule has 0 atom stereocenters. The smallest absolute Gasteiger partial charge is 0.249 e. The number of aromatic amines is 1. The van der Waals surface area contributed by atoms with Crippen molar-refractivity contribution < 1.29 is 9.18 Å². The van der Waals surface area contributed by atoms with Crippen LogP contribution in [0.1, 0.15) is 25.0 Å². The van der Waals surface area contributed by atoms with Gasteiger partial charge in [0.05, 0.1) is 11.7 Å². The molecule has 0 spiro atoms. The monoisotopic (exact) mass is 389 g/mol. The van der Waals surface area contributed by atoms with Gasteiger partial charge in [-0.1, -0.05) is 49.1 Å². The number of hydrogen-bond donors (Lipinski definition) is 1. The zero-order chi connectivity index (χ0) is 21.0. The molecule has 0 aliphatic carbocycles. The third-order valence-electron chi connectivity index (χ3n) is 4.85. The third-order valence-corrected chi connectivity index (χ3v) is 4.85. The van der Waals surface area contributed by atoms with Crippen LogP contribution in [0.3, 0.4) is 0 Å². The van der Waals surface area contributed by atoms with Crippen molar-refractivity contribution in [3.63, 3.8) is 0 Å². The van der Waals surface area contributed by atoms with Crippen LogP contribution in [0.5, 0.6) is 0 Å². The van der Waals surface area contributed by atoms with Crippen molar-refractivity contribution in [3.8, 4) is 0 Å². The highest BCUT2D eigenvalue weighted by Gasteiger charge is 2.14. The number of nitrogens with zero attached hydrogens (tertiary/aromatic N) is 2. The summed E-state index contributed by atoms with van der Waals surface area (Å²) in [6.07, 6.45) is 5.27. The molecular weight excluding hydrogens is 365 g/mol. The summed E-state index contributed by atoms with van der Waals surface area (Å²) in [7, 11) is 1.77. The summed E-state index contributed by atoms with van der Waals surface area (Å²) in [5, 5.41) is 8.07. The number of fused-ring (bicyclic) bond motifs is 1. The van der Waals surface area contributed by atoms with Crippen LogP contribution in [0.15, 0.2) is 78.5 Å². The maximum atomic E-state index is 13.6. The highest BCUT2D eigenvalue weighted by atomic mass is 19.1. The molecule has 3 aromatic rings. The SMILES string of the molecule is C=C/C(=C(C)\C=C(/C)C(=O)N(C)Cc1cccc2cn[nH]c12)c1cccc(F)c1. The van der Waals surface area contributed by atoms with Crippen LogP contribution in [0.25, 0.3) is 16.5 Å². The van der Waals surface area contributed by atoms with Crippen LogP contribution in [0, 0.1) is 5.82 Å². The molecule has 1 heterocycles. The second-order valence-corrected chi connectivity index (χ2v) is 7.05. The lowest BCUT2D eigenvalue weighted by Gasteiger charge is -2.18. The number of hydrogen-bond acceptors (Lipinski definition) is 2. The van der Waals surface area contributed by atoms with Gasteiger partial charge in [-0.3, -0.25) is 9.89 Å². The fraction of sp³-hybridized carbons (Fsp3) is 0.167. The highest BCUT2D eigenvalue weighted by molar-refractivity contribution is 5.94. The Bertz CT molecular complexity index is 1120. The number of H-pyrrole nitrogens is 1. The summed E-state index contributed by atoms with van der Waals surface area (Å²) in [4.78, 5) is 14.6. The lowest BCUT2D eigenvalue weighted by Crippen LogP contribution is -2.27. The number of allylic oxidation sites excluding steroid dienone is 4. The molecule has 3 rings (SSSR count). The molecule has 148 valence electrons. The van der Waals surface area contributed by atoms with Gasteiger partial charge in [0, 0.05) is 24.6 Å². The van der Waals surface area contributed by atoms with E-state index in [1.807, 2.05) is 37.3 Å². The molecule has 0 aliphatic heterocycles. The molecule has 5 heteroatoms. The number of carbonyl (C=O) groups excluding carboxylic acids is 1. The van der Waals surface area contributed by atoms with Crippen LogP contribution >= 0.6 is 0 Å². The summed E-state index contributed by atoms with van der Waals surface area (Å²) < 4.78 is 13.6. The summed E-state index contributed by atoms with van der Waals surface area (Å²) in [6, 6.07) is 12.3. The second-order valence-electron chi connectivity index (χ2n) is 7.05. The molecule has 1 aromatic heterocycles. The molecule has 2 aromatic carbocycles. The summed E-state index contributed by atoms with van der Waals surface area (Å²) >= 11 is 0. The Hall–Kier alpha value is -3.47. The van der Waals surface area contributed by atoms with Crippen LogP contribution in [0.2, 0.25) is 0 Å². The van der Waals surface area contributed by atoms with Crippen molar-refractivity contribution >= 4 is 22.4 Å². The van der Waals surface area contributed by atoms with E-state index in [2.05, 4.69) is 16.8 Å². The number of para-hydroxylation sites is 1. The molecule has 0 saturated carbocycles. The molecule has 1 N–H and O–H groups in total. The average Bonchev–Trinajstić information content (AvgIpc) is 3.18. The third kappa shape index (κ3) is 4.51. The van der Waals surface area contributed by atoms with E-state index in [1.54, 1.807) is 37.2 Å². The van der Waals surface area contributed by atoms with E-state index >= 15 is 0 Å². The molecule has 4 nitrogen and oxygen atoms in total. The molecule has 0 fully saturated rings. The quantitative estimate of drug-likeness (QED) is 0.461. The first-order valence-corrected chi connectivity index (χ1v) is 9.34. The lowest BCUT2D eigenvalue weighted by molar-refractivity contribution is -0.126. The van der Waals surface area contributed by atoms with Crippen molar-refractivity contribution in [3.05, 3.63) is 95.5 Å². The Morgan fingerprint density at radius 3 is 2.72 bits per heavy atom. The van der Waals surface area contributed by atoms with Crippen LogP contribution in [-0.2, 0) is 11.3 Å². The largest absolute Gasteiger partial charge is 0.338 e. The highest BCUT2D eigenvalue weighted by Crippen LogP contribution is 2.23. The van der Waals surface area contributed by atoms with Gasteiger partial charge < -0.3 is 4.90 Å². The second kappa shape index (κ2) is 8.69. The predicted molar refractivity (Wildman–Crippen MR) is 116 cm³/mol. The molecule has 0 aliphatic rings. The molecular formula is C24H24FN3O. The van der Waals surface area contributed by atoms with Crippen LogP contribution < -0.4 is 0 Å². The summed E-state index contributed by atoms with van der Waals surface area (Å²) in [6.45, 7) is 7.98. The number of likely N-dealkylation sites (N-methyl/N-ethyl adjacent to an activating group) is 1. The van der Waals surface area contributed by atoms with E-state index in [0.29, 0.717) is 12.1 Å². The van der Waals surface area contributed by atoms with Gasteiger partial charge in [0.1, 0.15) is 5.82 Å². The first-order valence-electron chi connectivity index (χ1n) is 9.34. The number of carbonyl (C=O) groups is 1. The number of nitrogens with one attached hydrogen (secondary N) is 1. The molecule has 1 amide bonds. The van der Waals surface area contributed by atoms with Gasteiger partial charge in [0.2, 0.25) is 5.91 Å². The predicted octanol–water partition coefficient (Wildman–Crippen LogP) is 5.27. The van der Waals surface area contributed by atoms with E-state index in [-0.39, 0.29) is 11.7 Å². The Balaban J connectivity index is 1.83. The zero-order valence-corrected chi connectivity index (χ0v) is 16.9. The molecule has 0 bridgehead atoms. The van der Waals surface area contributed by atoms with Gasteiger partial charge in [0.25, 0.3) is 0 Å². The van der Waals surface area contributed by atoms with Crippen LogP contribution in [0.4, 0.5) is 4.39 Å². The van der Waals surface area contributed by atoms with Gasteiger partial charge in [0.15, 0.2) is 0 Å². The van der Waals surface area contributed by atoms with Gasteiger partial charge in [-0.25, -0.2) is 4.39 Å². The topological polar surface area (TPSA) is 49.0 Å². The lowest BCUT2D eigenvalue weighted by atomic mass is 9.99. The van der Waals surface area contributed by atoms with E-state index in [1.165, 1.54) is 12.1 Å². The van der Waals surface area contributed by atoms with Crippen molar-refractivity contribution in [2.45, 2.75) is 20.4 Å². The van der Waals surface area contributed by atoms with Crippen molar-refractivity contribution in [1.29, 1.82) is 0 Å². The number of aromatic nitrogens is 2. The van der Waals surface area contributed by atoms with Gasteiger partial charge in [-0.05, 0) is 48.3 Å². The number of rotatable bonds is 6. The number of benzene rings is 2. The van der Waals surface area contributed by atoms with Crippen molar-refractivity contribution in [2.24, 2.45) is 0 Å². The van der Waals surface area contributed by atoms with Crippen molar-refractivity contribution in [1.82, 2.24) is 15.1 Å². The number of halogens is 1. The maximum absolute atomic E-state index is 13.6. The van der Waals surface area contributed by atoms with E-state index in [4.69, 9.17) is 0 Å². The summed E-state index contributed by atoms with van der Waals surface area (Å²) in [5.41, 5.74) is 4.90. The Labute approximate surface area is 170 Å². The molecule has 29 heavy (non-hydrogen) atoms. The molecule has 0 unspecified atom stereocenters. The minimum atomic E-state index is -0.306. The van der Waals surface area contributed by atoms with Gasteiger partial charge in [-0.2, -0.15) is 5.10 Å². The first kappa shape index (κ1) is 20.3. The molecule has 0 saturated heterocycles. The van der Waals surface area contributed by atoms with E-state index < -0.39 is 0 Å². The van der Waals surface area contributed by atoms with Crippen molar-refractivity contribution in [2.75, 3.05) is 7.05 Å². The minimum Gasteiger partial charge on any atom is -0.338 e. The minimum absolute atomic E-state index is 0.0801. The Morgan fingerprint density at radius 2 is 2.00 bits per heavy atom. The molecule has 0 radical (unpaired) electrons. The summed E-state index contributed by atoms with van der Waals surface area (Å²) in [5.74, 6) is -0.386. The first-order chi connectivity index (χ1) is 13.9. The standard InChI is InChI=1S/C24H24FN3O/c1-5-22(18-8-7-11-21(25)13-18)16(2)12-17(3)24(29)28(4)15-20-10-6-9-19-14-26-27-23(19)20/h5-14H,1,15H2,2-4H3,(H,26,27)/b17-12+,22-16+. The van der Waals surface area contributed by atoms with E-state index in [9.17, 15) is 9.18 Å². The Kier molecular flexibility index (Phi) is 6.07. The van der Waals surface area contributed by atoms with E-state index in [0.717, 1.165) is 33.2 Å².